The molecule has 0 atom stereocenters. The third-order valence-electron chi connectivity index (χ3n) is 3.68. The molecule has 0 bridgehead atoms. The van der Waals surface area contributed by atoms with Gasteiger partial charge in [0.2, 0.25) is 0 Å². The van der Waals surface area contributed by atoms with E-state index in [1.54, 1.807) is 6.20 Å². The topological polar surface area (TPSA) is 82.0 Å². The van der Waals surface area contributed by atoms with Crippen LogP contribution in [0.3, 0.4) is 0 Å². The second-order valence-electron chi connectivity index (χ2n) is 5.20. The van der Waals surface area contributed by atoms with Crippen molar-refractivity contribution in [1.82, 2.24) is 4.98 Å². The monoisotopic (exact) mass is 328 g/mol. The number of methoxy groups -OCH3 is 1. The van der Waals surface area contributed by atoms with Crippen molar-refractivity contribution in [2.75, 3.05) is 32.1 Å². The lowest BCUT2D eigenvalue weighted by Crippen LogP contribution is -3.11. The molecule has 1 aromatic rings. The maximum atomic E-state index is 11.7. The summed E-state index contributed by atoms with van der Waals surface area (Å²) in [5.74, 6) is -0.0226. The Morgan fingerprint density at radius 1 is 1.45 bits per heavy atom. The largest absolute Gasteiger partial charge is 0.466 e. The normalized spacial score (nSPS) is 21.2. The summed E-state index contributed by atoms with van der Waals surface area (Å²) >= 11 is 1.45. The number of thiazole rings is 1. The van der Waals surface area contributed by atoms with Gasteiger partial charge in [0.15, 0.2) is 5.13 Å². The summed E-state index contributed by atoms with van der Waals surface area (Å²) in [6.45, 7) is 5.03. The molecule has 2 heterocycles. The highest BCUT2D eigenvalue weighted by atomic mass is 32.1. The number of nitrogens with one attached hydrogen (secondary N) is 2. The Balaban J connectivity index is 1.78. The molecule has 1 aliphatic heterocycles. The van der Waals surface area contributed by atoms with Gasteiger partial charge in [-0.15, -0.1) is 0 Å². The average Bonchev–Trinajstić information content (AvgIpc) is 2.95. The van der Waals surface area contributed by atoms with Crippen molar-refractivity contribution in [3.8, 4) is 0 Å². The Kier molecular flexibility index (Phi) is 6.14. The first-order valence-corrected chi connectivity index (χ1v) is 8.24. The van der Waals surface area contributed by atoms with E-state index < -0.39 is 6.09 Å². The molecule has 1 saturated heterocycles. The predicted octanol–water partition coefficient (Wildman–Crippen LogP) is 0.679. The number of esters is 1. The highest BCUT2D eigenvalue weighted by molar-refractivity contribution is 7.15. The minimum absolute atomic E-state index is 0.0433. The van der Waals surface area contributed by atoms with Crippen LogP contribution in [0.25, 0.3) is 0 Å². The highest BCUT2D eigenvalue weighted by Gasteiger charge is 2.28. The number of aromatic nitrogens is 1. The minimum atomic E-state index is -0.511. The second-order valence-corrected chi connectivity index (χ2v) is 6.32. The van der Waals surface area contributed by atoms with Crippen LogP contribution in [0.5, 0.6) is 0 Å². The Morgan fingerprint density at radius 3 is 2.82 bits per heavy atom. The van der Waals surface area contributed by atoms with E-state index in [-0.39, 0.29) is 11.9 Å². The van der Waals surface area contributed by atoms with Gasteiger partial charge in [-0.2, -0.15) is 0 Å². The van der Waals surface area contributed by atoms with Gasteiger partial charge in [-0.3, -0.25) is 10.1 Å². The van der Waals surface area contributed by atoms with E-state index in [0.717, 1.165) is 37.4 Å². The van der Waals surface area contributed by atoms with Gasteiger partial charge in [-0.25, -0.2) is 9.78 Å². The molecule has 2 rings (SSSR count). The first-order valence-electron chi connectivity index (χ1n) is 7.42. The summed E-state index contributed by atoms with van der Waals surface area (Å²) in [4.78, 5) is 29.5. The fourth-order valence-corrected chi connectivity index (χ4v) is 3.40. The summed E-state index contributed by atoms with van der Waals surface area (Å²) < 4.78 is 9.61. The van der Waals surface area contributed by atoms with E-state index >= 15 is 0 Å². The van der Waals surface area contributed by atoms with E-state index in [1.165, 1.54) is 23.3 Å². The summed E-state index contributed by atoms with van der Waals surface area (Å²) in [6.07, 6.45) is 2.99. The van der Waals surface area contributed by atoms with Gasteiger partial charge >= 0.3 is 12.1 Å². The van der Waals surface area contributed by atoms with Crippen LogP contribution in [0.15, 0.2) is 6.20 Å². The van der Waals surface area contributed by atoms with Crippen molar-refractivity contribution in [1.29, 1.82) is 0 Å². The standard InChI is InChI=1S/C14H21N3O4S/c1-3-21-12(18)10-4-6-17(7-5-10)9-11-8-15-13(22-11)16-14(19)20-2/h8,10H,3-7,9H2,1-2H3,(H,15,16,19)/p+1. The Labute approximate surface area is 133 Å². The van der Waals surface area contributed by atoms with Crippen LogP contribution in [-0.2, 0) is 20.8 Å². The third kappa shape index (κ3) is 4.67. The maximum absolute atomic E-state index is 11.7. The molecule has 7 nitrogen and oxygen atoms in total. The molecule has 0 radical (unpaired) electrons. The van der Waals surface area contributed by atoms with E-state index in [2.05, 4.69) is 15.0 Å². The molecular formula is C14H22N3O4S+. The number of amides is 1. The zero-order chi connectivity index (χ0) is 15.9. The Morgan fingerprint density at radius 2 is 2.18 bits per heavy atom. The number of likely N-dealkylation sites (tertiary alicyclic amines) is 1. The molecule has 1 aromatic heterocycles. The van der Waals surface area contributed by atoms with Crippen molar-refractivity contribution in [3.63, 3.8) is 0 Å². The van der Waals surface area contributed by atoms with Gasteiger partial charge in [0, 0.05) is 19.0 Å². The van der Waals surface area contributed by atoms with E-state index in [9.17, 15) is 9.59 Å². The van der Waals surface area contributed by atoms with Crippen molar-refractivity contribution in [2.45, 2.75) is 26.3 Å². The number of carbonyl (C=O) groups is 2. The summed E-state index contributed by atoms with van der Waals surface area (Å²) in [5.41, 5.74) is 0. The Bertz CT molecular complexity index is 512. The molecule has 0 spiro atoms. The van der Waals surface area contributed by atoms with Crippen LogP contribution in [0.2, 0.25) is 0 Å². The molecule has 1 amide bonds. The van der Waals surface area contributed by atoms with Crippen molar-refractivity contribution in [2.24, 2.45) is 5.92 Å². The molecule has 0 aromatic carbocycles. The van der Waals surface area contributed by atoms with Crippen LogP contribution < -0.4 is 10.2 Å². The van der Waals surface area contributed by atoms with Crippen molar-refractivity contribution >= 4 is 28.5 Å². The average molecular weight is 328 g/mol. The third-order valence-corrected chi connectivity index (χ3v) is 4.60. The number of piperidine rings is 1. The van der Waals surface area contributed by atoms with Crippen LogP contribution in [0.1, 0.15) is 24.6 Å². The highest BCUT2D eigenvalue weighted by Crippen LogP contribution is 2.18. The zero-order valence-corrected chi connectivity index (χ0v) is 13.7. The number of nitrogens with zero attached hydrogens (tertiary/aromatic N) is 1. The first-order chi connectivity index (χ1) is 10.6. The smallest absolute Gasteiger partial charge is 0.413 e. The zero-order valence-electron chi connectivity index (χ0n) is 12.9. The van der Waals surface area contributed by atoms with E-state index in [0.29, 0.717) is 11.7 Å². The number of carbonyl (C=O) groups excluding carboxylic acids is 2. The summed E-state index contributed by atoms with van der Waals surface area (Å²) in [6, 6.07) is 0. The van der Waals surface area contributed by atoms with Crippen LogP contribution in [0.4, 0.5) is 9.93 Å². The summed E-state index contributed by atoms with van der Waals surface area (Å²) in [5, 5.41) is 3.11. The van der Waals surface area contributed by atoms with Gasteiger partial charge in [0.25, 0.3) is 0 Å². The van der Waals surface area contributed by atoms with Crippen molar-refractivity contribution < 1.29 is 24.0 Å². The minimum Gasteiger partial charge on any atom is -0.466 e. The predicted molar refractivity (Wildman–Crippen MR) is 81.9 cm³/mol. The molecule has 0 unspecified atom stereocenters. The molecule has 1 aliphatic rings. The number of hydrogen-bond donors (Lipinski definition) is 2. The lowest BCUT2D eigenvalue weighted by atomic mass is 9.97. The summed E-state index contributed by atoms with van der Waals surface area (Å²) in [7, 11) is 1.32. The molecule has 8 heteroatoms. The Hall–Kier alpha value is -1.67. The molecule has 1 fully saturated rings. The number of hydrogen-bond acceptors (Lipinski definition) is 6. The van der Waals surface area contributed by atoms with Gasteiger partial charge in [0.05, 0.1) is 37.6 Å². The fraction of sp³-hybridized carbons (Fsp3) is 0.643. The van der Waals surface area contributed by atoms with Gasteiger partial charge in [0.1, 0.15) is 6.54 Å². The number of rotatable bonds is 5. The fourth-order valence-electron chi connectivity index (χ4n) is 2.53. The van der Waals surface area contributed by atoms with Gasteiger partial charge in [-0.05, 0) is 6.92 Å². The molecule has 122 valence electrons. The van der Waals surface area contributed by atoms with Gasteiger partial charge < -0.3 is 14.4 Å². The van der Waals surface area contributed by atoms with Crippen molar-refractivity contribution in [3.05, 3.63) is 11.1 Å². The molecule has 22 heavy (non-hydrogen) atoms. The van der Waals surface area contributed by atoms with Crippen LogP contribution in [0, 0.1) is 5.92 Å². The second kappa shape index (κ2) is 8.09. The molecule has 0 saturated carbocycles. The maximum Gasteiger partial charge on any atom is 0.413 e. The van der Waals surface area contributed by atoms with E-state index in [4.69, 9.17) is 4.74 Å². The van der Waals surface area contributed by atoms with Crippen LogP contribution >= 0.6 is 11.3 Å². The number of anilines is 1. The lowest BCUT2D eigenvalue weighted by Gasteiger charge is -2.27. The quantitative estimate of drug-likeness (QED) is 0.777. The lowest BCUT2D eigenvalue weighted by molar-refractivity contribution is -0.919. The molecule has 2 N–H and O–H groups in total. The molecule has 0 aliphatic carbocycles. The number of quaternary nitrogens is 1. The van der Waals surface area contributed by atoms with Crippen LogP contribution in [-0.4, -0.2) is 43.9 Å². The van der Waals surface area contributed by atoms with Gasteiger partial charge in [-0.1, -0.05) is 11.3 Å². The molecular weight excluding hydrogens is 306 g/mol. The first kappa shape index (κ1) is 16.7. The van der Waals surface area contributed by atoms with E-state index in [1.807, 2.05) is 6.92 Å². The number of ether oxygens (including phenoxy) is 2. The SMILES string of the molecule is CCOC(=O)C1CC[NH+](Cc2cnc(NC(=O)OC)s2)CC1.